The number of hydrogen-bond donors (Lipinski definition) is 6. The number of nitrogens with one attached hydrogen (secondary N) is 2. The van der Waals surface area contributed by atoms with Crippen LogP contribution >= 0.6 is 31.2 Å². The van der Waals surface area contributed by atoms with Crippen molar-refractivity contribution in [2.45, 2.75) is 92.9 Å². The van der Waals surface area contributed by atoms with Gasteiger partial charge in [-0.05, 0) is 57.7 Å². The Morgan fingerprint density at radius 1 is 1.35 bits per heavy atom. The highest BCUT2D eigenvalue weighted by Gasteiger charge is 2.51. The van der Waals surface area contributed by atoms with Gasteiger partial charge in [0.2, 0.25) is 5.91 Å². The summed E-state index contributed by atoms with van der Waals surface area (Å²) in [6.07, 6.45) is 3.65. The van der Waals surface area contributed by atoms with Crippen LogP contribution in [0.25, 0.3) is 0 Å². The monoisotopic (exact) mass is 585 g/mol. The van der Waals surface area contributed by atoms with E-state index in [4.69, 9.17) is 16.3 Å². The van der Waals surface area contributed by atoms with E-state index in [0.717, 1.165) is 44.0 Å². The minimum Gasteiger partial charge on any atom is -0.388 e. The van der Waals surface area contributed by atoms with Gasteiger partial charge in [0.05, 0.1) is 23.7 Å². The first-order chi connectivity index (χ1) is 17.5. The molecule has 2 fully saturated rings. The number of aromatic nitrogens is 3. The van der Waals surface area contributed by atoms with Gasteiger partial charge in [-0.2, -0.15) is 0 Å². The van der Waals surface area contributed by atoms with Crippen LogP contribution in [0.5, 0.6) is 0 Å². The molecule has 2 aliphatic rings. The van der Waals surface area contributed by atoms with Crippen LogP contribution in [0.1, 0.15) is 39.0 Å². The van der Waals surface area contributed by atoms with Crippen molar-refractivity contribution < 1.29 is 38.6 Å². The molecule has 3 rings (SSSR count). The fraction of sp³-hybridized carbons (Fsp3) is 0.857. The number of aliphatic hydroxyl groups excluding tert-OH is 2. The molecular formula is C21H37ClN5O8PS. The van der Waals surface area contributed by atoms with Gasteiger partial charge in [0.1, 0.15) is 29.9 Å². The van der Waals surface area contributed by atoms with Gasteiger partial charge in [-0.25, -0.2) is 4.57 Å². The summed E-state index contributed by atoms with van der Waals surface area (Å²) in [5.41, 5.74) is -1.01. The zero-order chi connectivity index (χ0) is 27.2. The fourth-order valence-electron chi connectivity index (χ4n) is 4.86. The van der Waals surface area contributed by atoms with Crippen molar-refractivity contribution in [3.63, 3.8) is 0 Å². The summed E-state index contributed by atoms with van der Waals surface area (Å²) in [5, 5.41) is 34.6. The number of aliphatic hydroxyl groups is 2. The summed E-state index contributed by atoms with van der Waals surface area (Å²) < 4.78 is 23.7. The Hall–Kier alpha value is -0.800. The number of ether oxygens (including phenoxy) is 1. The topological polar surface area (TPSA) is 188 Å². The second kappa shape index (κ2) is 14.0. The van der Waals surface area contributed by atoms with E-state index in [2.05, 4.69) is 25.5 Å². The Morgan fingerprint density at radius 3 is 2.73 bits per heavy atom. The van der Waals surface area contributed by atoms with E-state index in [1.54, 1.807) is 24.1 Å². The lowest BCUT2D eigenvalue weighted by Crippen LogP contribution is -2.65. The number of rotatable bonds is 11. The zero-order valence-electron chi connectivity index (χ0n) is 20.8. The number of phosphoric ester groups is 1. The van der Waals surface area contributed by atoms with Gasteiger partial charge in [0.15, 0.2) is 0 Å². The molecule has 2 saturated heterocycles. The third-order valence-corrected chi connectivity index (χ3v) is 8.46. The maximum absolute atomic E-state index is 13.2. The Bertz CT molecular complexity index is 894. The van der Waals surface area contributed by atoms with Gasteiger partial charge in [0.25, 0.3) is 0 Å². The van der Waals surface area contributed by atoms with Crippen molar-refractivity contribution in [1.82, 2.24) is 25.6 Å². The van der Waals surface area contributed by atoms with Gasteiger partial charge in [-0.1, -0.05) is 5.21 Å². The highest BCUT2D eigenvalue weighted by atomic mass is 35.5. The number of nitrogens with zero attached hydrogens (tertiary/aromatic N) is 3. The van der Waals surface area contributed by atoms with Crippen molar-refractivity contribution in [3.8, 4) is 0 Å². The number of carbonyl (C=O) groups excluding carboxylic acids is 1. The number of alkyl halides is 1. The molecule has 0 saturated carbocycles. The van der Waals surface area contributed by atoms with Crippen molar-refractivity contribution in [2.24, 2.45) is 5.92 Å². The number of aryl methyl sites for hydroxylation is 1. The van der Waals surface area contributed by atoms with Crippen LogP contribution < -0.4 is 10.6 Å². The molecule has 13 nitrogen and oxygen atoms in total. The number of phosphoric acid groups is 1. The molecule has 212 valence electrons. The van der Waals surface area contributed by atoms with E-state index in [9.17, 15) is 29.4 Å². The number of carbonyl (C=O) groups is 1. The van der Waals surface area contributed by atoms with E-state index < -0.39 is 55.1 Å². The third-order valence-electron chi connectivity index (χ3n) is 6.83. The van der Waals surface area contributed by atoms with Gasteiger partial charge < -0.3 is 35.4 Å². The predicted molar refractivity (Wildman–Crippen MR) is 137 cm³/mol. The summed E-state index contributed by atoms with van der Waals surface area (Å²) in [5.74, 6) is 0.184. The Morgan fingerprint density at radius 2 is 2.11 bits per heavy atom. The molecule has 0 radical (unpaired) electrons. The summed E-state index contributed by atoms with van der Waals surface area (Å²) in [6.45, 7) is 3.12. The molecule has 1 aromatic heterocycles. The van der Waals surface area contributed by atoms with Crippen LogP contribution in [0.3, 0.4) is 0 Å². The Kier molecular flexibility index (Phi) is 11.6. The van der Waals surface area contributed by atoms with Gasteiger partial charge in [0, 0.05) is 12.7 Å². The summed E-state index contributed by atoms with van der Waals surface area (Å²) in [4.78, 5) is 31.6. The average molecular weight is 586 g/mol. The first-order valence-electron chi connectivity index (χ1n) is 12.3. The van der Waals surface area contributed by atoms with Crippen molar-refractivity contribution in [2.75, 3.05) is 12.8 Å². The predicted octanol–water partition coefficient (Wildman–Crippen LogP) is 0.216. The molecule has 0 spiro atoms. The molecular weight excluding hydrogens is 549 g/mol. The summed E-state index contributed by atoms with van der Waals surface area (Å²) >= 11 is 7.43. The molecule has 0 aromatic carbocycles. The van der Waals surface area contributed by atoms with E-state index in [-0.39, 0.29) is 5.91 Å². The van der Waals surface area contributed by atoms with E-state index in [1.165, 1.54) is 0 Å². The largest absolute Gasteiger partial charge is 0.470 e. The standard InChI is InChI=1S/C21H37ClN5O8PS/c1-12(22)15(18-16(28)17(29)19(21(34-18)37-2)35-36(31,32)33)25-20(30)14-6-5-13(7-8-23-14)4-3-10-27-11-9-24-26-27/h9,11-19,21,23,28-29H,3-8,10H2,1-2H3,(H,25,30)(H2,31,32,33)/t12-,13-,14-,15+,16+,17-,18?,19+,21+/m0/s1. The van der Waals surface area contributed by atoms with Crippen LogP contribution in [-0.2, 0) is 25.2 Å². The maximum atomic E-state index is 13.2. The second-order valence-corrected chi connectivity index (χ2v) is 12.3. The highest BCUT2D eigenvalue weighted by molar-refractivity contribution is 7.99. The molecule has 9 atom stereocenters. The van der Waals surface area contributed by atoms with Crippen LogP contribution in [0.15, 0.2) is 12.4 Å². The SMILES string of the molecule is CS[C@H]1OC([C@H](NC(=O)[C@@H]2CC[C@H](CCCn3ccnn3)CCN2)[C@H](C)Cl)[C@H](O)[C@H](O)[C@H]1OP(=O)(O)O. The number of halogens is 1. The van der Waals surface area contributed by atoms with Crippen molar-refractivity contribution in [1.29, 1.82) is 0 Å². The van der Waals surface area contributed by atoms with Gasteiger partial charge in [-0.15, -0.1) is 28.5 Å². The number of thioether (sulfide) groups is 1. The van der Waals surface area contributed by atoms with Crippen LogP contribution in [-0.4, -0.2) is 101 Å². The van der Waals surface area contributed by atoms with E-state index in [0.29, 0.717) is 18.9 Å². The molecule has 1 unspecified atom stereocenters. The summed E-state index contributed by atoms with van der Waals surface area (Å²) in [7, 11) is -4.96. The normalized spacial score (nSPS) is 32.9. The molecule has 16 heteroatoms. The number of hydrogen-bond acceptors (Lipinski definition) is 10. The quantitative estimate of drug-likeness (QED) is 0.153. The first-order valence-corrected chi connectivity index (χ1v) is 15.6. The molecule has 6 N–H and O–H groups in total. The smallest absolute Gasteiger partial charge is 0.388 e. The zero-order valence-corrected chi connectivity index (χ0v) is 23.3. The lowest BCUT2D eigenvalue weighted by molar-refractivity contribution is -0.201. The molecule has 1 amide bonds. The molecule has 37 heavy (non-hydrogen) atoms. The number of amides is 1. The average Bonchev–Trinajstić information content (AvgIpc) is 3.24. The Balaban J connectivity index is 1.58. The molecule has 0 bridgehead atoms. The van der Waals surface area contributed by atoms with Crippen molar-refractivity contribution >= 4 is 37.1 Å². The van der Waals surface area contributed by atoms with Gasteiger partial charge in [-0.3, -0.25) is 14.0 Å². The molecule has 3 heterocycles. The third kappa shape index (κ3) is 8.85. The molecule has 2 aliphatic heterocycles. The highest BCUT2D eigenvalue weighted by Crippen LogP contribution is 2.43. The molecule has 0 aliphatic carbocycles. The first kappa shape index (κ1) is 30.7. The lowest BCUT2D eigenvalue weighted by atomic mass is 9.92. The van der Waals surface area contributed by atoms with Crippen molar-refractivity contribution in [3.05, 3.63) is 12.4 Å². The second-order valence-electron chi connectivity index (χ2n) is 9.51. The fourth-order valence-corrected chi connectivity index (χ4v) is 6.43. The minimum absolute atomic E-state index is 0.291. The van der Waals surface area contributed by atoms with E-state index >= 15 is 0 Å². The van der Waals surface area contributed by atoms with E-state index in [1.807, 2.05) is 6.20 Å². The molecule has 1 aromatic rings. The Labute approximate surface area is 225 Å². The minimum atomic E-state index is -4.96. The van der Waals surface area contributed by atoms with Gasteiger partial charge >= 0.3 is 7.82 Å². The summed E-state index contributed by atoms with van der Waals surface area (Å²) in [6, 6.07) is -1.33. The lowest BCUT2D eigenvalue weighted by Gasteiger charge is -2.45. The van der Waals surface area contributed by atoms with Crippen LogP contribution in [0.2, 0.25) is 0 Å². The maximum Gasteiger partial charge on any atom is 0.470 e. The van der Waals surface area contributed by atoms with Crippen LogP contribution in [0, 0.1) is 5.92 Å². The van der Waals surface area contributed by atoms with Crippen LogP contribution in [0.4, 0.5) is 0 Å².